The second kappa shape index (κ2) is 7.80. The van der Waals surface area contributed by atoms with Crippen LogP contribution in [0, 0.1) is 13.8 Å². The van der Waals surface area contributed by atoms with Crippen LogP contribution >= 0.6 is 0 Å². The topological polar surface area (TPSA) is 69.7 Å². The lowest BCUT2D eigenvalue weighted by molar-refractivity contribution is -0.134. The van der Waals surface area contributed by atoms with Crippen LogP contribution in [0.3, 0.4) is 0 Å². The third-order valence-corrected chi connectivity index (χ3v) is 4.85. The molecule has 0 spiro atoms. The number of ether oxygens (including phenoxy) is 1. The summed E-state index contributed by atoms with van der Waals surface area (Å²) in [4.78, 5) is 24.8. The minimum atomic E-state index is -0.558. The van der Waals surface area contributed by atoms with Gasteiger partial charge in [-0.25, -0.2) is 4.79 Å². The number of aryl methyl sites for hydroxylation is 1. The number of esters is 1. The first-order valence-corrected chi connectivity index (χ1v) is 9.41. The van der Waals surface area contributed by atoms with Gasteiger partial charge in [0.2, 0.25) is 0 Å². The SMILES string of the molecule is Cc1c(-c2cc3ccccc3o2)oc(=O)c(C)c1OC(=O)CCc1ccccc1. The number of para-hydroxylation sites is 1. The highest BCUT2D eigenvalue weighted by molar-refractivity contribution is 5.83. The van der Waals surface area contributed by atoms with E-state index in [4.69, 9.17) is 13.6 Å². The molecule has 0 N–H and O–H groups in total. The quantitative estimate of drug-likeness (QED) is 0.439. The van der Waals surface area contributed by atoms with E-state index < -0.39 is 11.6 Å². The van der Waals surface area contributed by atoms with Gasteiger partial charge in [0.05, 0.1) is 5.56 Å². The molecule has 2 aromatic heterocycles. The van der Waals surface area contributed by atoms with Crippen molar-refractivity contribution in [2.75, 3.05) is 0 Å². The summed E-state index contributed by atoms with van der Waals surface area (Å²) in [5.41, 5.74) is 1.99. The van der Waals surface area contributed by atoms with E-state index in [1.165, 1.54) is 0 Å². The fourth-order valence-corrected chi connectivity index (χ4v) is 3.26. The zero-order valence-electron chi connectivity index (χ0n) is 16.2. The number of hydrogen-bond donors (Lipinski definition) is 0. The Bertz CT molecular complexity index is 1200. The molecule has 0 amide bonds. The normalized spacial score (nSPS) is 11.0. The van der Waals surface area contributed by atoms with Gasteiger partial charge in [-0.1, -0.05) is 48.5 Å². The van der Waals surface area contributed by atoms with Crippen LogP contribution < -0.4 is 10.4 Å². The molecule has 0 saturated heterocycles. The van der Waals surface area contributed by atoms with Crippen LogP contribution in [0.1, 0.15) is 23.1 Å². The van der Waals surface area contributed by atoms with E-state index in [1.54, 1.807) is 19.9 Å². The summed E-state index contributed by atoms with van der Waals surface area (Å²) in [7, 11) is 0. The summed E-state index contributed by atoms with van der Waals surface area (Å²) in [6.45, 7) is 3.33. The van der Waals surface area contributed by atoms with Crippen molar-refractivity contribution in [3.63, 3.8) is 0 Å². The number of furan rings is 1. The molecule has 4 aromatic rings. The molecule has 0 atom stereocenters. The summed E-state index contributed by atoms with van der Waals surface area (Å²) in [5, 5.41) is 0.895. The third kappa shape index (κ3) is 3.85. The number of fused-ring (bicyclic) bond motifs is 1. The van der Waals surface area contributed by atoms with Gasteiger partial charge in [-0.2, -0.15) is 0 Å². The van der Waals surface area contributed by atoms with Gasteiger partial charge in [-0.3, -0.25) is 4.79 Å². The van der Waals surface area contributed by atoms with Crippen LogP contribution in [0.15, 0.2) is 74.3 Å². The number of carbonyl (C=O) groups is 1. The molecule has 0 unspecified atom stereocenters. The molecule has 4 rings (SSSR count). The van der Waals surface area contributed by atoms with E-state index in [-0.39, 0.29) is 23.5 Å². The van der Waals surface area contributed by atoms with Crippen molar-refractivity contribution in [3.8, 4) is 17.3 Å². The number of benzene rings is 2. The largest absolute Gasteiger partial charge is 0.453 e. The lowest BCUT2D eigenvalue weighted by Gasteiger charge is -2.11. The molecule has 0 fully saturated rings. The Labute approximate surface area is 167 Å². The van der Waals surface area contributed by atoms with Gasteiger partial charge < -0.3 is 13.6 Å². The Balaban J connectivity index is 1.63. The van der Waals surface area contributed by atoms with Crippen LogP contribution in [-0.2, 0) is 11.2 Å². The van der Waals surface area contributed by atoms with Gasteiger partial charge >= 0.3 is 11.6 Å². The monoisotopic (exact) mass is 388 g/mol. The maximum atomic E-state index is 12.4. The van der Waals surface area contributed by atoms with Crippen molar-refractivity contribution in [2.45, 2.75) is 26.7 Å². The van der Waals surface area contributed by atoms with Crippen molar-refractivity contribution in [2.24, 2.45) is 0 Å². The number of rotatable bonds is 5. The van der Waals surface area contributed by atoms with Crippen molar-refractivity contribution in [3.05, 3.63) is 87.8 Å². The van der Waals surface area contributed by atoms with Crippen LogP contribution in [0.5, 0.6) is 5.75 Å². The summed E-state index contributed by atoms with van der Waals surface area (Å²) in [6.07, 6.45) is 0.777. The predicted octanol–water partition coefficient (Wildman–Crippen LogP) is 5.21. The maximum absolute atomic E-state index is 12.4. The molecule has 146 valence electrons. The molecule has 0 saturated carbocycles. The first kappa shape index (κ1) is 18.7. The molecule has 0 radical (unpaired) electrons. The highest BCUT2D eigenvalue weighted by Crippen LogP contribution is 2.34. The highest BCUT2D eigenvalue weighted by Gasteiger charge is 2.21. The molecule has 2 heterocycles. The lowest BCUT2D eigenvalue weighted by Crippen LogP contribution is -2.15. The average molecular weight is 388 g/mol. The van der Waals surface area contributed by atoms with Gasteiger partial charge in [-0.05, 0) is 38.0 Å². The minimum Gasteiger partial charge on any atom is -0.453 e. The van der Waals surface area contributed by atoms with E-state index in [1.807, 2.05) is 54.6 Å². The number of hydrogen-bond acceptors (Lipinski definition) is 5. The predicted molar refractivity (Wildman–Crippen MR) is 110 cm³/mol. The first-order chi connectivity index (χ1) is 14.0. The third-order valence-electron chi connectivity index (χ3n) is 4.85. The van der Waals surface area contributed by atoms with Gasteiger partial charge in [-0.15, -0.1) is 0 Å². The Kier molecular flexibility index (Phi) is 5.04. The van der Waals surface area contributed by atoms with E-state index >= 15 is 0 Å². The molecule has 5 nitrogen and oxygen atoms in total. The Morgan fingerprint density at radius 3 is 2.41 bits per heavy atom. The first-order valence-electron chi connectivity index (χ1n) is 9.41. The Morgan fingerprint density at radius 1 is 0.931 bits per heavy atom. The molecular weight excluding hydrogens is 368 g/mol. The summed E-state index contributed by atoms with van der Waals surface area (Å²) < 4.78 is 16.9. The smallest absolute Gasteiger partial charge is 0.343 e. The van der Waals surface area contributed by atoms with Crippen LogP contribution in [0.2, 0.25) is 0 Å². The van der Waals surface area contributed by atoms with Gasteiger partial charge in [0.25, 0.3) is 0 Å². The molecule has 0 aliphatic heterocycles. The molecule has 0 aliphatic carbocycles. The van der Waals surface area contributed by atoms with E-state index in [0.717, 1.165) is 10.9 Å². The molecular formula is C24H20O5. The summed E-state index contributed by atoms with van der Waals surface area (Å²) >= 11 is 0. The van der Waals surface area contributed by atoms with E-state index in [9.17, 15) is 9.59 Å². The minimum absolute atomic E-state index is 0.211. The molecule has 0 aliphatic rings. The zero-order valence-corrected chi connectivity index (χ0v) is 16.2. The average Bonchev–Trinajstić information content (AvgIpc) is 3.17. The molecule has 29 heavy (non-hydrogen) atoms. The van der Waals surface area contributed by atoms with Crippen molar-refractivity contribution in [1.29, 1.82) is 0 Å². The fourth-order valence-electron chi connectivity index (χ4n) is 3.26. The molecule has 5 heteroatoms. The van der Waals surface area contributed by atoms with Crippen molar-refractivity contribution < 1.29 is 18.4 Å². The van der Waals surface area contributed by atoms with Crippen molar-refractivity contribution >= 4 is 16.9 Å². The van der Waals surface area contributed by atoms with Crippen LogP contribution in [0.25, 0.3) is 22.5 Å². The van der Waals surface area contributed by atoms with Gasteiger partial charge in [0.1, 0.15) is 11.3 Å². The maximum Gasteiger partial charge on any atom is 0.343 e. The lowest BCUT2D eigenvalue weighted by atomic mass is 10.1. The summed E-state index contributed by atoms with van der Waals surface area (Å²) in [5.74, 6) is 0.515. The molecule has 0 bridgehead atoms. The Hall–Kier alpha value is -3.60. The molecule has 2 aromatic carbocycles. The van der Waals surface area contributed by atoms with Crippen LogP contribution in [-0.4, -0.2) is 5.97 Å². The van der Waals surface area contributed by atoms with Gasteiger partial charge in [0, 0.05) is 17.4 Å². The van der Waals surface area contributed by atoms with E-state index in [2.05, 4.69) is 0 Å². The second-order valence-corrected chi connectivity index (χ2v) is 6.91. The Morgan fingerprint density at radius 2 is 1.66 bits per heavy atom. The van der Waals surface area contributed by atoms with E-state index in [0.29, 0.717) is 23.3 Å². The van der Waals surface area contributed by atoms with Crippen LogP contribution in [0.4, 0.5) is 0 Å². The summed E-state index contributed by atoms with van der Waals surface area (Å²) in [6, 6.07) is 19.0. The fraction of sp³-hybridized carbons (Fsp3) is 0.167. The second-order valence-electron chi connectivity index (χ2n) is 6.91. The zero-order chi connectivity index (χ0) is 20.4. The van der Waals surface area contributed by atoms with Crippen molar-refractivity contribution in [1.82, 2.24) is 0 Å². The standard InChI is InChI=1S/C24H20O5/c1-15-22(28-21(25)13-12-17-8-4-3-5-9-17)16(2)24(26)29-23(15)20-14-18-10-6-7-11-19(18)27-20/h3-11,14H,12-13H2,1-2H3. The van der Waals surface area contributed by atoms with Gasteiger partial charge in [0.15, 0.2) is 11.5 Å². The highest BCUT2D eigenvalue weighted by atomic mass is 16.5. The number of carbonyl (C=O) groups excluding carboxylic acids is 1.